The second-order valence-corrected chi connectivity index (χ2v) is 5.72. The van der Waals surface area contributed by atoms with Crippen LogP contribution in [0.3, 0.4) is 0 Å². The first-order chi connectivity index (χ1) is 8.76. The van der Waals surface area contributed by atoms with Crippen LogP contribution in [0.4, 0.5) is 0 Å². The van der Waals surface area contributed by atoms with Crippen LogP contribution in [-0.2, 0) is 0 Å². The average Bonchev–Trinajstić information content (AvgIpc) is 2.91. The van der Waals surface area contributed by atoms with Gasteiger partial charge in [0.15, 0.2) is 11.5 Å². The van der Waals surface area contributed by atoms with Gasteiger partial charge >= 0.3 is 0 Å². The highest BCUT2D eigenvalue weighted by atomic mass is 32.2. The summed E-state index contributed by atoms with van der Waals surface area (Å²) in [5, 5.41) is 9.34. The molecule has 1 aromatic rings. The largest absolute Gasteiger partial charge is 0.493 e. The minimum atomic E-state index is 0.0594. The van der Waals surface area contributed by atoms with Crippen molar-refractivity contribution in [1.29, 1.82) is 0 Å². The second-order valence-electron chi connectivity index (χ2n) is 4.57. The van der Waals surface area contributed by atoms with Gasteiger partial charge in [-0.05, 0) is 18.2 Å². The first-order valence-corrected chi connectivity index (χ1v) is 7.44. The molecule has 0 aliphatic carbocycles. The Morgan fingerprint density at radius 2 is 2.33 bits per heavy atom. The lowest BCUT2D eigenvalue weighted by Crippen LogP contribution is -2.17. The van der Waals surface area contributed by atoms with Crippen LogP contribution in [0.1, 0.15) is 24.8 Å². The van der Waals surface area contributed by atoms with Crippen molar-refractivity contribution in [3.05, 3.63) is 23.8 Å². The van der Waals surface area contributed by atoms with E-state index in [0.29, 0.717) is 0 Å². The molecule has 1 N–H and O–H groups in total. The monoisotopic (exact) mass is 268 g/mol. The van der Waals surface area contributed by atoms with E-state index in [-0.39, 0.29) is 18.6 Å². The average molecular weight is 268 g/mol. The van der Waals surface area contributed by atoms with Gasteiger partial charge in [-0.3, -0.25) is 0 Å². The molecule has 1 fully saturated rings. The van der Waals surface area contributed by atoms with Crippen LogP contribution in [0, 0.1) is 0 Å². The first-order valence-electron chi connectivity index (χ1n) is 6.28. The molecule has 2 rings (SSSR count). The van der Waals surface area contributed by atoms with E-state index in [9.17, 15) is 5.11 Å². The van der Waals surface area contributed by atoms with Crippen molar-refractivity contribution >= 4 is 11.8 Å². The molecule has 0 aromatic heterocycles. The van der Waals surface area contributed by atoms with E-state index < -0.39 is 0 Å². The van der Waals surface area contributed by atoms with E-state index in [1.165, 1.54) is 0 Å². The maximum absolute atomic E-state index is 9.34. The maximum atomic E-state index is 9.34. The fourth-order valence-corrected chi connectivity index (χ4v) is 3.17. The fourth-order valence-electron chi connectivity index (χ4n) is 2.08. The van der Waals surface area contributed by atoms with Crippen molar-refractivity contribution in [2.24, 2.45) is 0 Å². The molecule has 1 aliphatic rings. The molecule has 0 bridgehead atoms. The highest BCUT2D eigenvalue weighted by molar-refractivity contribution is 7.99. The smallest absolute Gasteiger partial charge is 0.165 e. The molecule has 1 heterocycles. The minimum Gasteiger partial charge on any atom is -0.493 e. The van der Waals surface area contributed by atoms with E-state index in [2.05, 4.69) is 0 Å². The van der Waals surface area contributed by atoms with Crippen LogP contribution in [0.25, 0.3) is 0 Å². The maximum Gasteiger partial charge on any atom is 0.165 e. The van der Waals surface area contributed by atoms with Gasteiger partial charge in [-0.2, -0.15) is 11.8 Å². The molecule has 100 valence electrons. The van der Waals surface area contributed by atoms with E-state index in [1.54, 1.807) is 7.11 Å². The van der Waals surface area contributed by atoms with Gasteiger partial charge in [0.25, 0.3) is 0 Å². The number of methoxy groups -OCH3 is 1. The van der Waals surface area contributed by atoms with E-state index >= 15 is 0 Å². The lowest BCUT2D eigenvalue weighted by atomic mass is 10.0. The van der Waals surface area contributed by atoms with Crippen molar-refractivity contribution in [3.8, 4) is 11.5 Å². The molecule has 0 amide bonds. The summed E-state index contributed by atoms with van der Waals surface area (Å²) in [7, 11) is 1.65. The van der Waals surface area contributed by atoms with Gasteiger partial charge < -0.3 is 14.6 Å². The molecule has 2 atom stereocenters. The van der Waals surface area contributed by atoms with Gasteiger partial charge in [-0.15, -0.1) is 0 Å². The Morgan fingerprint density at radius 3 is 2.94 bits per heavy atom. The number of para-hydroxylation sites is 1. The lowest BCUT2D eigenvalue weighted by molar-refractivity contribution is 0.210. The SMILES string of the molecule is COc1cccc(C(C)CO)c1OC1CCSC1. The Labute approximate surface area is 112 Å². The molecule has 0 spiro atoms. The molecule has 1 aliphatic heterocycles. The quantitative estimate of drug-likeness (QED) is 0.891. The van der Waals surface area contributed by atoms with Crippen LogP contribution in [-0.4, -0.2) is 36.4 Å². The fraction of sp³-hybridized carbons (Fsp3) is 0.571. The van der Waals surface area contributed by atoms with Gasteiger partial charge in [0.1, 0.15) is 6.10 Å². The third kappa shape index (κ3) is 2.93. The summed E-state index contributed by atoms with van der Waals surface area (Å²) in [6.07, 6.45) is 1.34. The predicted molar refractivity (Wildman–Crippen MR) is 74.9 cm³/mol. The number of hydrogen-bond donors (Lipinski definition) is 1. The van der Waals surface area contributed by atoms with Gasteiger partial charge in [0, 0.05) is 23.8 Å². The predicted octanol–water partition coefficient (Wildman–Crippen LogP) is 2.68. The van der Waals surface area contributed by atoms with Crippen molar-refractivity contribution < 1.29 is 14.6 Å². The van der Waals surface area contributed by atoms with Crippen molar-refractivity contribution in [3.63, 3.8) is 0 Å². The van der Waals surface area contributed by atoms with E-state index in [1.807, 2.05) is 36.9 Å². The van der Waals surface area contributed by atoms with Crippen molar-refractivity contribution in [2.75, 3.05) is 25.2 Å². The number of thioether (sulfide) groups is 1. The molecule has 4 heteroatoms. The molecule has 3 nitrogen and oxygen atoms in total. The zero-order valence-corrected chi connectivity index (χ0v) is 11.7. The first kappa shape index (κ1) is 13.6. The van der Waals surface area contributed by atoms with Crippen LogP contribution in [0.2, 0.25) is 0 Å². The summed E-state index contributed by atoms with van der Waals surface area (Å²) in [6, 6.07) is 5.85. The standard InChI is InChI=1S/C14H20O3S/c1-10(8-15)12-4-3-5-13(16-2)14(12)17-11-6-7-18-9-11/h3-5,10-11,15H,6-9H2,1-2H3. The molecular weight excluding hydrogens is 248 g/mol. The number of ether oxygens (including phenoxy) is 2. The van der Waals surface area contributed by atoms with Crippen LogP contribution >= 0.6 is 11.8 Å². The minimum absolute atomic E-state index is 0.0594. The number of aliphatic hydroxyl groups is 1. The summed E-state index contributed by atoms with van der Waals surface area (Å²) in [5.41, 5.74) is 1.02. The molecular formula is C14H20O3S. The van der Waals surface area contributed by atoms with Crippen molar-refractivity contribution in [1.82, 2.24) is 0 Å². The van der Waals surface area contributed by atoms with Crippen LogP contribution in [0.5, 0.6) is 11.5 Å². The summed E-state index contributed by atoms with van der Waals surface area (Å²) in [4.78, 5) is 0. The molecule has 1 saturated heterocycles. The molecule has 1 aromatic carbocycles. The van der Waals surface area contributed by atoms with Gasteiger partial charge in [0.05, 0.1) is 7.11 Å². The Kier molecular flexibility index (Phi) is 4.78. The van der Waals surface area contributed by atoms with Gasteiger partial charge in [-0.25, -0.2) is 0 Å². The van der Waals surface area contributed by atoms with Crippen LogP contribution < -0.4 is 9.47 Å². The second kappa shape index (κ2) is 6.34. The van der Waals surface area contributed by atoms with Gasteiger partial charge in [-0.1, -0.05) is 19.1 Å². The Hall–Kier alpha value is -0.870. The number of aliphatic hydroxyl groups excluding tert-OH is 1. The Morgan fingerprint density at radius 1 is 1.50 bits per heavy atom. The number of hydrogen-bond acceptors (Lipinski definition) is 4. The molecule has 2 unspecified atom stereocenters. The summed E-state index contributed by atoms with van der Waals surface area (Å²) < 4.78 is 11.5. The molecule has 0 radical (unpaired) electrons. The van der Waals surface area contributed by atoms with E-state index in [4.69, 9.17) is 9.47 Å². The zero-order valence-electron chi connectivity index (χ0n) is 10.9. The third-order valence-corrected chi connectivity index (χ3v) is 4.34. The van der Waals surface area contributed by atoms with Gasteiger partial charge in [0.2, 0.25) is 0 Å². The van der Waals surface area contributed by atoms with E-state index in [0.717, 1.165) is 35.0 Å². The number of benzene rings is 1. The third-order valence-electron chi connectivity index (χ3n) is 3.21. The highest BCUT2D eigenvalue weighted by Crippen LogP contribution is 2.37. The highest BCUT2D eigenvalue weighted by Gasteiger charge is 2.22. The zero-order chi connectivity index (χ0) is 13.0. The van der Waals surface area contributed by atoms with Crippen LogP contribution in [0.15, 0.2) is 18.2 Å². The van der Waals surface area contributed by atoms with Crippen molar-refractivity contribution in [2.45, 2.75) is 25.4 Å². The summed E-state index contributed by atoms with van der Waals surface area (Å²) >= 11 is 1.92. The Bertz CT molecular complexity index is 389. The molecule has 0 saturated carbocycles. The topological polar surface area (TPSA) is 38.7 Å². The molecule has 18 heavy (non-hydrogen) atoms. The number of rotatable bonds is 5. The summed E-state index contributed by atoms with van der Waals surface area (Å²) in [5.74, 6) is 3.80. The Balaban J connectivity index is 2.27. The summed E-state index contributed by atoms with van der Waals surface area (Å²) in [6.45, 7) is 2.11. The lowest BCUT2D eigenvalue weighted by Gasteiger charge is -2.21. The normalized spacial score (nSPS) is 20.7.